The highest BCUT2D eigenvalue weighted by atomic mass is 16.5. The Bertz CT molecular complexity index is 662. The van der Waals surface area contributed by atoms with Crippen molar-refractivity contribution in [3.63, 3.8) is 0 Å². The molecule has 0 bridgehead atoms. The summed E-state index contributed by atoms with van der Waals surface area (Å²) < 4.78 is 11.6. The first-order valence-corrected chi connectivity index (χ1v) is 8.53. The van der Waals surface area contributed by atoms with Gasteiger partial charge in [-0.25, -0.2) is 0 Å². The zero-order valence-corrected chi connectivity index (χ0v) is 15.0. The van der Waals surface area contributed by atoms with Gasteiger partial charge in [0, 0.05) is 31.3 Å². The number of nitrogens with zero attached hydrogens (tertiary/aromatic N) is 1. The summed E-state index contributed by atoms with van der Waals surface area (Å²) in [7, 11) is 0. The fourth-order valence-corrected chi connectivity index (χ4v) is 2.28. The average molecular weight is 332 g/mol. The van der Waals surface area contributed by atoms with Gasteiger partial charge in [0.2, 0.25) is 0 Å². The minimum absolute atomic E-state index is 0.244. The van der Waals surface area contributed by atoms with Crippen LogP contribution in [0.5, 0.6) is 5.75 Å². The summed E-state index contributed by atoms with van der Waals surface area (Å²) in [5.74, 6) is 1.58. The standard InChI is InChI=1S/C19H28N2O3/c1-13(2)20-9-8-16-10-17-18(6-5-7-19(17)24-16)23-12-15(22)11-21-14(3)4/h5-7,9-10,13-15,21-22H,8,11-12H2,1-4H3. The molecule has 0 aliphatic rings. The largest absolute Gasteiger partial charge is 0.490 e. The van der Waals surface area contributed by atoms with E-state index in [1.807, 2.05) is 58.2 Å². The van der Waals surface area contributed by atoms with Gasteiger partial charge in [-0.2, -0.15) is 0 Å². The van der Waals surface area contributed by atoms with Crippen molar-refractivity contribution >= 4 is 17.2 Å². The maximum Gasteiger partial charge on any atom is 0.138 e. The molecule has 1 heterocycles. The van der Waals surface area contributed by atoms with Crippen molar-refractivity contribution < 1.29 is 14.3 Å². The molecule has 2 N–H and O–H groups in total. The Kier molecular flexibility index (Phi) is 6.82. The zero-order valence-electron chi connectivity index (χ0n) is 15.0. The van der Waals surface area contributed by atoms with E-state index in [9.17, 15) is 5.11 Å². The van der Waals surface area contributed by atoms with Crippen molar-refractivity contribution in [2.75, 3.05) is 13.2 Å². The van der Waals surface area contributed by atoms with Crippen LogP contribution in [-0.2, 0) is 6.42 Å². The highest BCUT2D eigenvalue weighted by Gasteiger charge is 2.11. The molecule has 0 radical (unpaired) electrons. The molecular weight excluding hydrogens is 304 g/mol. The molecule has 2 rings (SSSR count). The second-order valence-corrected chi connectivity index (χ2v) is 6.54. The maximum absolute atomic E-state index is 9.98. The minimum atomic E-state index is -0.549. The molecule has 1 aromatic heterocycles. The summed E-state index contributed by atoms with van der Waals surface area (Å²) in [4.78, 5) is 4.35. The van der Waals surface area contributed by atoms with Crippen LogP contribution in [0, 0.1) is 0 Å². The van der Waals surface area contributed by atoms with Crippen molar-refractivity contribution in [3.05, 3.63) is 30.0 Å². The van der Waals surface area contributed by atoms with Crippen molar-refractivity contribution in [2.45, 2.75) is 52.3 Å². The second kappa shape index (κ2) is 8.85. The molecule has 0 spiro atoms. The second-order valence-electron chi connectivity index (χ2n) is 6.54. The van der Waals surface area contributed by atoms with Crippen LogP contribution in [0.4, 0.5) is 0 Å². The van der Waals surface area contributed by atoms with Gasteiger partial charge in [-0.05, 0) is 32.0 Å². The van der Waals surface area contributed by atoms with Crippen molar-refractivity contribution in [1.29, 1.82) is 0 Å². The number of hydrogen-bond acceptors (Lipinski definition) is 5. The molecule has 132 valence electrons. The smallest absolute Gasteiger partial charge is 0.138 e. The Morgan fingerprint density at radius 3 is 2.79 bits per heavy atom. The fourth-order valence-electron chi connectivity index (χ4n) is 2.28. The molecule has 0 saturated carbocycles. The summed E-state index contributed by atoms with van der Waals surface area (Å²) in [6.07, 6.45) is 1.99. The lowest BCUT2D eigenvalue weighted by atomic mass is 10.2. The molecule has 1 aromatic carbocycles. The number of aliphatic hydroxyl groups excluding tert-OH is 1. The van der Waals surface area contributed by atoms with E-state index in [0.29, 0.717) is 19.0 Å². The summed E-state index contributed by atoms with van der Waals surface area (Å²) in [5.41, 5.74) is 0.787. The summed E-state index contributed by atoms with van der Waals surface area (Å²) in [6, 6.07) is 8.32. The number of aliphatic hydroxyl groups is 1. The molecule has 5 heteroatoms. The van der Waals surface area contributed by atoms with Crippen LogP contribution < -0.4 is 10.1 Å². The maximum atomic E-state index is 9.98. The highest BCUT2D eigenvalue weighted by Crippen LogP contribution is 2.29. The SMILES string of the molecule is CC(C)N=CCc1cc2c(OCC(O)CNC(C)C)cccc2o1. The molecule has 0 amide bonds. The van der Waals surface area contributed by atoms with E-state index in [0.717, 1.165) is 22.5 Å². The van der Waals surface area contributed by atoms with Gasteiger partial charge in [0.1, 0.15) is 29.8 Å². The van der Waals surface area contributed by atoms with Gasteiger partial charge < -0.3 is 19.6 Å². The number of fused-ring (bicyclic) bond motifs is 1. The third-order valence-electron chi connectivity index (χ3n) is 3.46. The van der Waals surface area contributed by atoms with Gasteiger partial charge in [-0.1, -0.05) is 19.9 Å². The van der Waals surface area contributed by atoms with Crippen LogP contribution in [0.2, 0.25) is 0 Å². The number of benzene rings is 1. The Morgan fingerprint density at radius 1 is 1.29 bits per heavy atom. The Labute approximate surface area is 143 Å². The molecule has 1 unspecified atom stereocenters. The first kappa shape index (κ1) is 18.5. The van der Waals surface area contributed by atoms with Crippen LogP contribution in [0.15, 0.2) is 33.7 Å². The van der Waals surface area contributed by atoms with Crippen LogP contribution in [0.3, 0.4) is 0 Å². The van der Waals surface area contributed by atoms with E-state index >= 15 is 0 Å². The predicted octanol–water partition coefficient (Wildman–Crippen LogP) is 3.19. The van der Waals surface area contributed by atoms with Crippen molar-refractivity contribution in [3.8, 4) is 5.75 Å². The number of rotatable bonds is 9. The Balaban J connectivity index is 2.01. The number of nitrogens with one attached hydrogen (secondary N) is 1. The van der Waals surface area contributed by atoms with E-state index in [2.05, 4.69) is 10.3 Å². The van der Waals surface area contributed by atoms with E-state index in [1.54, 1.807) is 0 Å². The van der Waals surface area contributed by atoms with Crippen LogP contribution in [0.25, 0.3) is 11.0 Å². The van der Waals surface area contributed by atoms with E-state index in [4.69, 9.17) is 9.15 Å². The van der Waals surface area contributed by atoms with Crippen molar-refractivity contribution in [2.24, 2.45) is 4.99 Å². The summed E-state index contributed by atoms with van der Waals surface area (Å²) in [5, 5.41) is 14.1. The quantitative estimate of drug-likeness (QED) is 0.692. The highest BCUT2D eigenvalue weighted by molar-refractivity contribution is 5.85. The Hall–Kier alpha value is -1.85. The molecule has 2 aromatic rings. The van der Waals surface area contributed by atoms with Gasteiger partial charge in [0.25, 0.3) is 0 Å². The zero-order chi connectivity index (χ0) is 17.5. The summed E-state index contributed by atoms with van der Waals surface area (Å²) in [6.45, 7) is 8.93. The first-order valence-electron chi connectivity index (χ1n) is 8.53. The third-order valence-corrected chi connectivity index (χ3v) is 3.46. The molecule has 5 nitrogen and oxygen atoms in total. The third kappa shape index (κ3) is 5.65. The molecule has 0 aliphatic carbocycles. The molecule has 1 atom stereocenters. The number of ether oxygens (including phenoxy) is 1. The van der Waals surface area contributed by atoms with Crippen LogP contribution >= 0.6 is 0 Å². The lowest BCUT2D eigenvalue weighted by Gasteiger charge is -2.15. The van der Waals surface area contributed by atoms with Crippen molar-refractivity contribution in [1.82, 2.24) is 5.32 Å². The lowest BCUT2D eigenvalue weighted by molar-refractivity contribution is 0.105. The van der Waals surface area contributed by atoms with Gasteiger partial charge in [-0.3, -0.25) is 4.99 Å². The number of aliphatic imine (C=N–C) groups is 1. The van der Waals surface area contributed by atoms with E-state index in [1.165, 1.54) is 0 Å². The molecule has 0 saturated heterocycles. The van der Waals surface area contributed by atoms with Crippen LogP contribution in [-0.4, -0.2) is 42.7 Å². The van der Waals surface area contributed by atoms with Gasteiger partial charge in [0.15, 0.2) is 0 Å². The van der Waals surface area contributed by atoms with Gasteiger partial charge >= 0.3 is 0 Å². The first-order chi connectivity index (χ1) is 11.5. The summed E-state index contributed by atoms with van der Waals surface area (Å²) >= 11 is 0. The number of hydrogen-bond donors (Lipinski definition) is 2. The van der Waals surface area contributed by atoms with Gasteiger partial charge in [0.05, 0.1) is 5.39 Å². The monoisotopic (exact) mass is 332 g/mol. The normalized spacial score (nSPS) is 13.5. The fraction of sp³-hybridized carbons (Fsp3) is 0.526. The molecule has 0 aliphatic heterocycles. The Morgan fingerprint density at radius 2 is 2.08 bits per heavy atom. The van der Waals surface area contributed by atoms with Crippen LogP contribution in [0.1, 0.15) is 33.5 Å². The topological polar surface area (TPSA) is 67.0 Å². The van der Waals surface area contributed by atoms with Gasteiger partial charge in [-0.15, -0.1) is 0 Å². The molecular formula is C19H28N2O3. The molecule has 0 fully saturated rings. The molecule has 24 heavy (non-hydrogen) atoms. The average Bonchev–Trinajstić information content (AvgIpc) is 2.93. The minimum Gasteiger partial charge on any atom is -0.490 e. The lowest BCUT2D eigenvalue weighted by Crippen LogP contribution is -2.35. The van der Waals surface area contributed by atoms with E-state index in [-0.39, 0.29) is 12.6 Å². The number of furan rings is 1. The van der Waals surface area contributed by atoms with E-state index < -0.39 is 6.10 Å². The predicted molar refractivity (Wildman–Crippen MR) is 98.2 cm³/mol.